The molecule has 8 heteroatoms. The van der Waals surface area contributed by atoms with Crippen LogP contribution < -0.4 is 10.2 Å². The highest BCUT2D eigenvalue weighted by molar-refractivity contribution is 6.04. The molecule has 0 spiro atoms. The Kier molecular flexibility index (Phi) is 4.31. The molecule has 1 amide bonds. The molecule has 2 aromatic carbocycles. The maximum atomic E-state index is 13.2. The van der Waals surface area contributed by atoms with Gasteiger partial charge in [-0.2, -0.15) is 0 Å². The summed E-state index contributed by atoms with van der Waals surface area (Å²) in [5.41, 5.74) is 5.48. The molecule has 8 nitrogen and oxygen atoms in total. The zero-order valence-corrected chi connectivity index (χ0v) is 16.6. The average molecular weight is 395 g/mol. The molecule has 0 saturated carbocycles. The van der Waals surface area contributed by atoms with Gasteiger partial charge in [-0.25, -0.2) is 0 Å². The highest BCUT2D eigenvalue weighted by Crippen LogP contribution is 2.47. The van der Waals surface area contributed by atoms with Crippen molar-refractivity contribution in [2.45, 2.75) is 32.9 Å². The minimum atomic E-state index is -0.851. The summed E-state index contributed by atoms with van der Waals surface area (Å²) in [6, 6.07) is 10.4. The monoisotopic (exact) mass is 395 g/mol. The molecule has 1 N–H and O–H groups in total. The van der Waals surface area contributed by atoms with Crippen LogP contribution in [-0.4, -0.2) is 28.4 Å². The molecule has 0 aliphatic carbocycles. The Bertz CT molecular complexity index is 1070. The molecule has 150 valence electrons. The Balaban J connectivity index is 1.99. The van der Waals surface area contributed by atoms with E-state index in [0.717, 1.165) is 5.56 Å². The SMILES string of the molecule is CONC1=C(N2Cc3ccccc3C2=O)c2c(ccc([N+](=O)[O-])c2C)OC1(C)C. The Hall–Kier alpha value is -3.39. The Morgan fingerprint density at radius 2 is 1.97 bits per heavy atom. The lowest BCUT2D eigenvalue weighted by atomic mass is 9.91. The molecular formula is C21H21N3O5. The second-order valence-electron chi connectivity index (χ2n) is 7.53. The highest BCUT2D eigenvalue weighted by atomic mass is 16.6. The lowest BCUT2D eigenvalue weighted by molar-refractivity contribution is -0.385. The van der Waals surface area contributed by atoms with Crippen LogP contribution in [-0.2, 0) is 11.4 Å². The largest absolute Gasteiger partial charge is 0.481 e. The van der Waals surface area contributed by atoms with E-state index >= 15 is 0 Å². The van der Waals surface area contributed by atoms with Crippen LogP contribution in [0.25, 0.3) is 5.70 Å². The van der Waals surface area contributed by atoms with Gasteiger partial charge in [0.2, 0.25) is 0 Å². The second kappa shape index (κ2) is 6.59. The molecule has 0 radical (unpaired) electrons. The van der Waals surface area contributed by atoms with Gasteiger partial charge in [0.25, 0.3) is 11.6 Å². The van der Waals surface area contributed by atoms with Gasteiger partial charge in [0.15, 0.2) is 0 Å². The minimum Gasteiger partial charge on any atom is -0.481 e. The number of hydrogen-bond donors (Lipinski definition) is 1. The number of nitro benzene ring substituents is 1. The number of hydrogen-bond acceptors (Lipinski definition) is 6. The summed E-state index contributed by atoms with van der Waals surface area (Å²) in [5, 5.41) is 11.5. The summed E-state index contributed by atoms with van der Waals surface area (Å²) in [5.74, 6) is 0.319. The standard InChI is InChI=1S/C21H21N3O5/c1-12-15(24(26)27)9-10-16-17(12)18(19(22-28-4)21(2,3)29-16)23-11-13-7-5-6-8-14(13)20(23)25/h5-10,22H,11H2,1-4H3. The Morgan fingerprint density at radius 1 is 1.24 bits per heavy atom. The Morgan fingerprint density at radius 3 is 2.62 bits per heavy atom. The normalized spacial score (nSPS) is 17.0. The van der Waals surface area contributed by atoms with E-state index in [1.165, 1.54) is 13.2 Å². The Labute approximate surface area is 167 Å². The van der Waals surface area contributed by atoms with Crippen LogP contribution in [0.3, 0.4) is 0 Å². The third-order valence-electron chi connectivity index (χ3n) is 5.33. The number of fused-ring (bicyclic) bond motifs is 2. The predicted octanol–water partition coefficient (Wildman–Crippen LogP) is 3.55. The molecule has 0 unspecified atom stereocenters. The van der Waals surface area contributed by atoms with Gasteiger partial charge in [-0.3, -0.25) is 25.2 Å². The molecule has 2 aromatic rings. The molecule has 0 atom stereocenters. The van der Waals surface area contributed by atoms with Gasteiger partial charge in [-0.05, 0) is 38.5 Å². The van der Waals surface area contributed by atoms with Crippen LogP contribution >= 0.6 is 0 Å². The van der Waals surface area contributed by atoms with Gasteiger partial charge >= 0.3 is 0 Å². The quantitative estimate of drug-likeness (QED) is 0.629. The lowest BCUT2D eigenvalue weighted by Gasteiger charge is -2.39. The fraction of sp³-hybridized carbons (Fsp3) is 0.286. The van der Waals surface area contributed by atoms with E-state index in [9.17, 15) is 14.9 Å². The average Bonchev–Trinajstić information content (AvgIpc) is 2.99. The van der Waals surface area contributed by atoms with E-state index in [1.807, 2.05) is 32.0 Å². The number of carbonyl (C=O) groups is 1. The van der Waals surface area contributed by atoms with Gasteiger partial charge in [-0.1, -0.05) is 18.2 Å². The smallest absolute Gasteiger partial charge is 0.273 e. The zero-order valence-electron chi connectivity index (χ0n) is 16.6. The number of ether oxygens (including phenoxy) is 1. The van der Waals surface area contributed by atoms with Gasteiger partial charge < -0.3 is 9.64 Å². The number of rotatable bonds is 4. The van der Waals surface area contributed by atoms with Crippen molar-refractivity contribution in [3.05, 3.63) is 74.5 Å². The molecule has 0 aromatic heterocycles. The van der Waals surface area contributed by atoms with Crippen molar-refractivity contribution >= 4 is 17.3 Å². The molecule has 2 heterocycles. The molecular weight excluding hydrogens is 374 g/mol. The van der Waals surface area contributed by atoms with Crippen LogP contribution in [0.5, 0.6) is 5.75 Å². The van der Waals surface area contributed by atoms with Crippen LogP contribution in [0, 0.1) is 17.0 Å². The number of nitro groups is 1. The summed E-state index contributed by atoms with van der Waals surface area (Å²) in [6.07, 6.45) is 0. The first-order chi connectivity index (χ1) is 13.8. The summed E-state index contributed by atoms with van der Waals surface area (Å²) < 4.78 is 6.14. The summed E-state index contributed by atoms with van der Waals surface area (Å²) >= 11 is 0. The second-order valence-corrected chi connectivity index (χ2v) is 7.53. The number of nitrogens with one attached hydrogen (secondary N) is 1. The maximum Gasteiger partial charge on any atom is 0.273 e. The van der Waals surface area contributed by atoms with Gasteiger partial charge in [0.05, 0.1) is 29.8 Å². The summed E-state index contributed by atoms with van der Waals surface area (Å²) in [4.78, 5) is 31.2. The van der Waals surface area contributed by atoms with E-state index in [0.29, 0.717) is 40.4 Å². The first kappa shape index (κ1) is 18.9. The van der Waals surface area contributed by atoms with Crippen LogP contribution in [0.2, 0.25) is 0 Å². The predicted molar refractivity (Wildman–Crippen MR) is 106 cm³/mol. The van der Waals surface area contributed by atoms with Crippen molar-refractivity contribution in [3.8, 4) is 5.75 Å². The van der Waals surface area contributed by atoms with Crippen molar-refractivity contribution in [2.24, 2.45) is 0 Å². The molecule has 2 aliphatic rings. The molecule has 0 bridgehead atoms. The van der Waals surface area contributed by atoms with Gasteiger partial charge in [0.1, 0.15) is 17.0 Å². The molecule has 29 heavy (non-hydrogen) atoms. The summed E-state index contributed by atoms with van der Waals surface area (Å²) in [6.45, 7) is 5.72. The topological polar surface area (TPSA) is 93.9 Å². The van der Waals surface area contributed by atoms with Crippen LogP contribution in [0.4, 0.5) is 5.69 Å². The van der Waals surface area contributed by atoms with Crippen LogP contribution in [0.1, 0.15) is 40.9 Å². The first-order valence-electron chi connectivity index (χ1n) is 9.17. The molecule has 2 aliphatic heterocycles. The number of amides is 1. The molecule has 0 fully saturated rings. The van der Waals surface area contributed by atoms with Crippen LogP contribution in [0.15, 0.2) is 42.1 Å². The fourth-order valence-corrected chi connectivity index (χ4v) is 3.97. The van der Waals surface area contributed by atoms with Crippen molar-refractivity contribution < 1.29 is 19.3 Å². The zero-order chi connectivity index (χ0) is 20.9. The molecule has 0 saturated heterocycles. The minimum absolute atomic E-state index is 0.0366. The van der Waals surface area contributed by atoms with Crippen molar-refractivity contribution in [1.82, 2.24) is 10.4 Å². The summed E-state index contributed by atoms with van der Waals surface area (Å²) in [7, 11) is 1.47. The van der Waals surface area contributed by atoms with E-state index in [-0.39, 0.29) is 11.6 Å². The van der Waals surface area contributed by atoms with Crippen molar-refractivity contribution in [1.29, 1.82) is 0 Å². The lowest BCUT2D eigenvalue weighted by Crippen LogP contribution is -2.44. The van der Waals surface area contributed by atoms with Crippen molar-refractivity contribution in [3.63, 3.8) is 0 Å². The van der Waals surface area contributed by atoms with Gasteiger partial charge in [-0.15, -0.1) is 0 Å². The van der Waals surface area contributed by atoms with E-state index in [1.54, 1.807) is 24.0 Å². The highest BCUT2D eigenvalue weighted by Gasteiger charge is 2.43. The maximum absolute atomic E-state index is 13.2. The number of carbonyl (C=O) groups excluding carboxylic acids is 1. The third kappa shape index (κ3) is 2.84. The molecule has 4 rings (SSSR count). The fourth-order valence-electron chi connectivity index (χ4n) is 3.97. The van der Waals surface area contributed by atoms with Crippen molar-refractivity contribution in [2.75, 3.05) is 7.11 Å². The number of nitrogens with zero attached hydrogens (tertiary/aromatic N) is 2. The van der Waals surface area contributed by atoms with Gasteiger partial charge in [0, 0.05) is 17.2 Å². The first-order valence-corrected chi connectivity index (χ1v) is 9.17. The van der Waals surface area contributed by atoms with E-state index in [2.05, 4.69) is 5.48 Å². The van der Waals surface area contributed by atoms with E-state index < -0.39 is 10.5 Å². The van der Waals surface area contributed by atoms with E-state index in [4.69, 9.17) is 9.57 Å². The number of benzene rings is 2. The number of hydroxylamine groups is 1. The third-order valence-corrected chi connectivity index (χ3v) is 5.33.